The predicted molar refractivity (Wildman–Crippen MR) is 83.0 cm³/mol. The molecular weight excluding hydrogens is 317 g/mol. The SMILES string of the molecule is CC1CC(CN)CN1C(=O)c1cccc(Cl)c1[N+](=O)[O-].Cl. The van der Waals surface area contributed by atoms with Gasteiger partial charge in [0.05, 0.1) is 4.92 Å². The maximum Gasteiger partial charge on any atom is 0.300 e. The van der Waals surface area contributed by atoms with Crippen LogP contribution in [0.2, 0.25) is 5.02 Å². The number of rotatable bonds is 3. The fraction of sp³-hybridized carbons (Fsp3) is 0.462. The second kappa shape index (κ2) is 7.06. The Kier molecular flexibility index (Phi) is 5.95. The fourth-order valence-electron chi connectivity index (χ4n) is 2.62. The number of nitro benzene ring substituents is 1. The highest BCUT2D eigenvalue weighted by Gasteiger charge is 2.35. The Morgan fingerprint density at radius 2 is 2.24 bits per heavy atom. The number of halogens is 2. The molecule has 0 aromatic heterocycles. The highest BCUT2D eigenvalue weighted by molar-refractivity contribution is 6.33. The van der Waals surface area contributed by atoms with Gasteiger partial charge in [0.25, 0.3) is 5.91 Å². The van der Waals surface area contributed by atoms with Crippen LogP contribution in [0.1, 0.15) is 23.7 Å². The molecule has 1 aromatic carbocycles. The van der Waals surface area contributed by atoms with Crippen LogP contribution in [0.4, 0.5) is 5.69 Å². The molecule has 1 aromatic rings. The van der Waals surface area contributed by atoms with E-state index in [4.69, 9.17) is 17.3 Å². The van der Waals surface area contributed by atoms with Gasteiger partial charge < -0.3 is 10.6 Å². The van der Waals surface area contributed by atoms with Gasteiger partial charge in [0, 0.05) is 12.6 Å². The molecule has 1 aliphatic rings. The van der Waals surface area contributed by atoms with Crippen molar-refractivity contribution in [2.24, 2.45) is 11.7 Å². The molecule has 0 spiro atoms. The first-order valence-electron chi connectivity index (χ1n) is 6.39. The third-order valence-electron chi connectivity index (χ3n) is 3.66. The maximum atomic E-state index is 12.5. The van der Waals surface area contributed by atoms with Crippen molar-refractivity contribution in [2.75, 3.05) is 13.1 Å². The van der Waals surface area contributed by atoms with E-state index < -0.39 is 4.92 Å². The summed E-state index contributed by atoms with van der Waals surface area (Å²) in [5.74, 6) is -0.116. The van der Waals surface area contributed by atoms with E-state index in [1.54, 1.807) is 11.0 Å². The molecule has 8 heteroatoms. The number of carbonyl (C=O) groups is 1. The number of nitrogens with two attached hydrogens (primary N) is 1. The third-order valence-corrected chi connectivity index (χ3v) is 3.96. The summed E-state index contributed by atoms with van der Waals surface area (Å²) in [6.45, 7) is 2.95. The minimum Gasteiger partial charge on any atom is -0.335 e. The van der Waals surface area contributed by atoms with E-state index in [0.29, 0.717) is 13.1 Å². The standard InChI is InChI=1S/C13H16ClN3O3.ClH/c1-8-5-9(6-15)7-16(8)13(18)10-3-2-4-11(14)12(10)17(19)20;/h2-4,8-9H,5-7,15H2,1H3;1H. The van der Waals surface area contributed by atoms with E-state index >= 15 is 0 Å². The Labute approximate surface area is 133 Å². The van der Waals surface area contributed by atoms with Crippen molar-refractivity contribution in [3.05, 3.63) is 38.9 Å². The molecule has 1 heterocycles. The van der Waals surface area contributed by atoms with Crippen LogP contribution in [-0.2, 0) is 0 Å². The number of amides is 1. The van der Waals surface area contributed by atoms with Crippen molar-refractivity contribution >= 4 is 35.6 Å². The van der Waals surface area contributed by atoms with Crippen molar-refractivity contribution < 1.29 is 9.72 Å². The second-order valence-corrected chi connectivity index (χ2v) is 5.44. The monoisotopic (exact) mass is 333 g/mol. The number of nitrogens with zero attached hydrogens (tertiary/aromatic N) is 2. The molecule has 1 saturated heterocycles. The van der Waals surface area contributed by atoms with E-state index in [1.807, 2.05) is 6.92 Å². The van der Waals surface area contributed by atoms with Crippen molar-refractivity contribution in [2.45, 2.75) is 19.4 Å². The third kappa shape index (κ3) is 3.45. The lowest BCUT2D eigenvalue weighted by Crippen LogP contribution is -2.34. The Balaban J connectivity index is 0.00000220. The normalized spacial score (nSPS) is 21.0. The zero-order valence-corrected chi connectivity index (χ0v) is 13.1. The molecule has 2 atom stereocenters. The van der Waals surface area contributed by atoms with E-state index in [9.17, 15) is 14.9 Å². The number of benzene rings is 1. The van der Waals surface area contributed by atoms with E-state index in [0.717, 1.165) is 6.42 Å². The lowest BCUT2D eigenvalue weighted by molar-refractivity contribution is -0.385. The number of hydrogen-bond acceptors (Lipinski definition) is 4. The Morgan fingerprint density at radius 3 is 2.76 bits per heavy atom. The maximum absolute atomic E-state index is 12.5. The van der Waals surface area contributed by atoms with E-state index in [-0.39, 0.29) is 46.5 Å². The van der Waals surface area contributed by atoms with Gasteiger partial charge in [-0.1, -0.05) is 17.7 Å². The van der Waals surface area contributed by atoms with E-state index in [2.05, 4.69) is 0 Å². The molecule has 2 N–H and O–H groups in total. The summed E-state index contributed by atoms with van der Waals surface area (Å²) in [7, 11) is 0. The van der Waals surface area contributed by atoms with Gasteiger partial charge in [-0.25, -0.2) is 0 Å². The quantitative estimate of drug-likeness (QED) is 0.679. The molecule has 116 valence electrons. The molecule has 2 unspecified atom stereocenters. The van der Waals surface area contributed by atoms with Crippen LogP contribution in [0, 0.1) is 16.0 Å². The van der Waals surface area contributed by atoms with Crippen molar-refractivity contribution in [3.63, 3.8) is 0 Å². The summed E-state index contributed by atoms with van der Waals surface area (Å²) in [4.78, 5) is 24.6. The Hall–Kier alpha value is -1.37. The van der Waals surface area contributed by atoms with Crippen LogP contribution in [0.5, 0.6) is 0 Å². The molecule has 0 bridgehead atoms. The average molecular weight is 334 g/mol. The number of carbonyl (C=O) groups excluding carboxylic acids is 1. The van der Waals surface area contributed by atoms with Crippen molar-refractivity contribution in [1.82, 2.24) is 4.90 Å². The van der Waals surface area contributed by atoms with Crippen LogP contribution >= 0.6 is 24.0 Å². The molecule has 0 aliphatic carbocycles. The van der Waals surface area contributed by atoms with Crippen LogP contribution in [0.15, 0.2) is 18.2 Å². The number of hydrogen-bond donors (Lipinski definition) is 1. The first-order chi connectivity index (χ1) is 9.45. The summed E-state index contributed by atoms with van der Waals surface area (Å²) in [5, 5.41) is 11.1. The molecule has 6 nitrogen and oxygen atoms in total. The van der Waals surface area contributed by atoms with Gasteiger partial charge >= 0.3 is 5.69 Å². The topological polar surface area (TPSA) is 89.5 Å². The Bertz CT molecular complexity index is 553. The molecule has 21 heavy (non-hydrogen) atoms. The molecule has 0 saturated carbocycles. The smallest absolute Gasteiger partial charge is 0.300 e. The first kappa shape index (κ1) is 17.7. The Morgan fingerprint density at radius 1 is 1.57 bits per heavy atom. The summed E-state index contributed by atoms with van der Waals surface area (Å²) in [5.41, 5.74) is 5.34. The zero-order chi connectivity index (χ0) is 14.9. The lowest BCUT2D eigenvalue weighted by atomic mass is 10.1. The highest BCUT2D eigenvalue weighted by Crippen LogP contribution is 2.31. The summed E-state index contributed by atoms with van der Waals surface area (Å²) < 4.78 is 0. The molecule has 2 rings (SSSR count). The largest absolute Gasteiger partial charge is 0.335 e. The second-order valence-electron chi connectivity index (χ2n) is 5.04. The average Bonchev–Trinajstić information content (AvgIpc) is 2.78. The van der Waals surface area contributed by atoms with Gasteiger partial charge in [-0.2, -0.15) is 0 Å². The van der Waals surface area contributed by atoms with Crippen molar-refractivity contribution in [3.8, 4) is 0 Å². The summed E-state index contributed by atoms with van der Waals surface area (Å²) in [6.07, 6.45) is 0.816. The minimum absolute atomic E-state index is 0. The predicted octanol–water partition coefficient (Wildman–Crippen LogP) is 2.48. The van der Waals surface area contributed by atoms with E-state index in [1.165, 1.54) is 12.1 Å². The van der Waals surface area contributed by atoms with Crippen LogP contribution in [0.25, 0.3) is 0 Å². The minimum atomic E-state index is -0.614. The molecule has 1 amide bonds. The van der Waals surface area contributed by atoms with Gasteiger partial charge in [-0.05, 0) is 37.9 Å². The molecule has 1 fully saturated rings. The summed E-state index contributed by atoms with van der Waals surface area (Å²) in [6, 6.07) is 4.42. The fourth-order valence-corrected chi connectivity index (χ4v) is 2.87. The highest BCUT2D eigenvalue weighted by atomic mass is 35.5. The van der Waals surface area contributed by atoms with Gasteiger partial charge in [0.2, 0.25) is 0 Å². The van der Waals surface area contributed by atoms with Crippen LogP contribution in [0.3, 0.4) is 0 Å². The van der Waals surface area contributed by atoms with Gasteiger partial charge in [-0.3, -0.25) is 14.9 Å². The van der Waals surface area contributed by atoms with Crippen LogP contribution < -0.4 is 5.73 Å². The zero-order valence-electron chi connectivity index (χ0n) is 11.5. The number of likely N-dealkylation sites (tertiary alicyclic amines) is 1. The molecule has 1 aliphatic heterocycles. The van der Waals surface area contributed by atoms with Gasteiger partial charge in [0.1, 0.15) is 10.6 Å². The van der Waals surface area contributed by atoms with Gasteiger partial charge in [0.15, 0.2) is 0 Å². The molecular formula is C13H17Cl2N3O3. The van der Waals surface area contributed by atoms with Gasteiger partial charge in [-0.15, -0.1) is 12.4 Å². The summed E-state index contributed by atoms with van der Waals surface area (Å²) >= 11 is 5.84. The number of para-hydroxylation sites is 1. The number of nitro groups is 1. The van der Waals surface area contributed by atoms with Crippen LogP contribution in [-0.4, -0.2) is 34.9 Å². The first-order valence-corrected chi connectivity index (χ1v) is 6.77. The van der Waals surface area contributed by atoms with Crippen molar-refractivity contribution in [1.29, 1.82) is 0 Å². The lowest BCUT2D eigenvalue weighted by Gasteiger charge is -2.21. The molecule has 0 radical (unpaired) electrons.